The zero-order valence-electron chi connectivity index (χ0n) is 15.0. The molecule has 2 aromatic carbocycles. The second-order valence-corrected chi connectivity index (χ2v) is 6.41. The van der Waals surface area contributed by atoms with Crippen molar-refractivity contribution in [3.05, 3.63) is 90.3 Å². The molecule has 0 atom stereocenters. The molecule has 2 N–H and O–H groups in total. The van der Waals surface area contributed by atoms with Crippen LogP contribution in [0.25, 0.3) is 34.1 Å². The molecule has 4 rings (SSSR count). The summed E-state index contributed by atoms with van der Waals surface area (Å²) in [4.78, 5) is 16.1. The Bertz CT molecular complexity index is 1140. The van der Waals surface area contributed by atoms with Crippen LogP contribution in [0.15, 0.2) is 79.0 Å². The van der Waals surface area contributed by atoms with Gasteiger partial charge in [-0.3, -0.25) is 9.20 Å². The number of hydrogen-bond donors (Lipinski definition) is 1. The van der Waals surface area contributed by atoms with Gasteiger partial charge >= 0.3 is 0 Å². The SMILES string of the molecule is Cc1cccn2c(/C=C/C(N)=O)c(-c3ccc(-c4ccccc4)cc3)nc12. The fourth-order valence-corrected chi connectivity index (χ4v) is 3.21. The summed E-state index contributed by atoms with van der Waals surface area (Å²) in [5.74, 6) is -0.483. The van der Waals surface area contributed by atoms with E-state index in [2.05, 4.69) is 36.4 Å². The van der Waals surface area contributed by atoms with Gasteiger partial charge in [-0.15, -0.1) is 0 Å². The molecule has 0 aliphatic heterocycles. The Balaban J connectivity index is 1.84. The van der Waals surface area contributed by atoms with Crippen LogP contribution < -0.4 is 5.73 Å². The monoisotopic (exact) mass is 353 g/mol. The van der Waals surface area contributed by atoms with Crippen LogP contribution in [0.2, 0.25) is 0 Å². The van der Waals surface area contributed by atoms with Crippen molar-refractivity contribution >= 4 is 17.6 Å². The molecule has 4 heteroatoms. The Morgan fingerprint density at radius 2 is 1.59 bits per heavy atom. The highest BCUT2D eigenvalue weighted by Gasteiger charge is 2.13. The van der Waals surface area contributed by atoms with Crippen molar-refractivity contribution in [1.82, 2.24) is 9.38 Å². The van der Waals surface area contributed by atoms with Crippen molar-refractivity contribution in [3.8, 4) is 22.4 Å². The first kappa shape index (κ1) is 16.8. The van der Waals surface area contributed by atoms with E-state index in [4.69, 9.17) is 10.7 Å². The second kappa shape index (κ2) is 6.92. The summed E-state index contributed by atoms with van der Waals surface area (Å²) in [6.07, 6.45) is 5.04. The smallest absolute Gasteiger partial charge is 0.241 e. The molecule has 0 bridgehead atoms. The number of nitrogens with zero attached hydrogens (tertiary/aromatic N) is 2. The number of rotatable bonds is 4. The molecule has 0 saturated carbocycles. The van der Waals surface area contributed by atoms with Gasteiger partial charge in [-0.05, 0) is 35.8 Å². The van der Waals surface area contributed by atoms with E-state index in [-0.39, 0.29) is 0 Å². The third-order valence-corrected chi connectivity index (χ3v) is 4.55. The molecule has 0 spiro atoms. The number of hydrogen-bond acceptors (Lipinski definition) is 2. The summed E-state index contributed by atoms with van der Waals surface area (Å²) in [5, 5.41) is 0. The maximum Gasteiger partial charge on any atom is 0.241 e. The minimum atomic E-state index is -0.483. The highest BCUT2D eigenvalue weighted by molar-refractivity contribution is 5.91. The zero-order chi connectivity index (χ0) is 18.8. The first-order valence-corrected chi connectivity index (χ1v) is 8.74. The predicted octanol–water partition coefficient (Wildman–Crippen LogP) is 4.48. The highest BCUT2D eigenvalue weighted by atomic mass is 16.1. The van der Waals surface area contributed by atoms with E-state index in [1.807, 2.05) is 47.9 Å². The van der Waals surface area contributed by atoms with Gasteiger partial charge in [-0.2, -0.15) is 0 Å². The van der Waals surface area contributed by atoms with E-state index in [1.165, 1.54) is 11.6 Å². The number of fused-ring (bicyclic) bond motifs is 1. The quantitative estimate of drug-likeness (QED) is 0.550. The Hall–Kier alpha value is -3.66. The van der Waals surface area contributed by atoms with Gasteiger partial charge in [-0.1, -0.05) is 60.7 Å². The number of primary amides is 1. The van der Waals surface area contributed by atoms with Gasteiger partial charge in [0.15, 0.2) is 0 Å². The molecule has 2 aromatic heterocycles. The normalized spacial score (nSPS) is 11.3. The van der Waals surface area contributed by atoms with Gasteiger partial charge in [0.05, 0.1) is 11.4 Å². The van der Waals surface area contributed by atoms with Crippen LogP contribution >= 0.6 is 0 Å². The number of aromatic nitrogens is 2. The second-order valence-electron chi connectivity index (χ2n) is 6.41. The first-order chi connectivity index (χ1) is 13.1. The molecule has 132 valence electrons. The Morgan fingerprint density at radius 1 is 0.926 bits per heavy atom. The van der Waals surface area contributed by atoms with Crippen LogP contribution in [0.4, 0.5) is 0 Å². The van der Waals surface area contributed by atoms with Crippen molar-refractivity contribution in [3.63, 3.8) is 0 Å². The van der Waals surface area contributed by atoms with Crippen LogP contribution in [0.5, 0.6) is 0 Å². The van der Waals surface area contributed by atoms with Crippen molar-refractivity contribution in [2.45, 2.75) is 6.92 Å². The topological polar surface area (TPSA) is 60.4 Å². The van der Waals surface area contributed by atoms with Crippen molar-refractivity contribution in [2.24, 2.45) is 5.73 Å². The molecule has 4 nitrogen and oxygen atoms in total. The summed E-state index contributed by atoms with van der Waals surface area (Å²) in [6, 6.07) is 22.5. The number of aryl methyl sites for hydroxylation is 1. The lowest BCUT2D eigenvalue weighted by molar-refractivity contribution is -0.113. The maximum absolute atomic E-state index is 11.3. The van der Waals surface area contributed by atoms with E-state index in [1.54, 1.807) is 6.08 Å². The molecule has 0 aliphatic carbocycles. The van der Waals surface area contributed by atoms with Crippen LogP contribution in [0.1, 0.15) is 11.3 Å². The summed E-state index contributed by atoms with van der Waals surface area (Å²) >= 11 is 0. The molecule has 0 saturated heterocycles. The maximum atomic E-state index is 11.3. The zero-order valence-corrected chi connectivity index (χ0v) is 15.0. The lowest BCUT2D eigenvalue weighted by Crippen LogP contribution is -2.05. The fraction of sp³-hybridized carbons (Fsp3) is 0.0435. The summed E-state index contributed by atoms with van der Waals surface area (Å²) < 4.78 is 1.98. The van der Waals surface area contributed by atoms with Gasteiger partial charge in [0.2, 0.25) is 5.91 Å². The standard InChI is InChI=1S/C23H19N3O/c1-16-6-5-15-26-20(13-14-21(24)27)22(25-23(16)26)19-11-9-18(10-12-19)17-7-3-2-4-8-17/h2-15H,1H3,(H2,24,27)/b14-13+. The van der Waals surface area contributed by atoms with Crippen LogP contribution in [0, 0.1) is 6.92 Å². The van der Waals surface area contributed by atoms with Crippen molar-refractivity contribution in [2.75, 3.05) is 0 Å². The van der Waals surface area contributed by atoms with Crippen LogP contribution in [-0.2, 0) is 4.79 Å². The van der Waals surface area contributed by atoms with Gasteiger partial charge in [-0.25, -0.2) is 4.98 Å². The predicted molar refractivity (Wildman–Crippen MR) is 109 cm³/mol. The summed E-state index contributed by atoms with van der Waals surface area (Å²) in [6.45, 7) is 2.02. The number of amides is 1. The van der Waals surface area contributed by atoms with Gasteiger partial charge < -0.3 is 5.73 Å². The molecule has 1 amide bonds. The van der Waals surface area contributed by atoms with Crippen molar-refractivity contribution in [1.29, 1.82) is 0 Å². The van der Waals surface area contributed by atoms with Crippen LogP contribution in [0.3, 0.4) is 0 Å². The lowest BCUT2D eigenvalue weighted by atomic mass is 10.0. The third kappa shape index (κ3) is 3.25. The molecule has 27 heavy (non-hydrogen) atoms. The molecule has 2 heterocycles. The largest absolute Gasteiger partial charge is 0.366 e. The minimum absolute atomic E-state index is 0.483. The van der Waals surface area contributed by atoms with E-state index in [0.29, 0.717) is 0 Å². The van der Waals surface area contributed by atoms with Crippen LogP contribution in [-0.4, -0.2) is 15.3 Å². The number of benzene rings is 2. The molecule has 0 radical (unpaired) electrons. The van der Waals surface area contributed by atoms with Gasteiger partial charge in [0.1, 0.15) is 5.65 Å². The average molecular weight is 353 g/mol. The Labute approximate surface area is 157 Å². The molecular formula is C23H19N3O. The summed E-state index contributed by atoms with van der Waals surface area (Å²) in [5.41, 5.74) is 12.2. The number of carbonyl (C=O) groups excluding carboxylic acids is 1. The third-order valence-electron chi connectivity index (χ3n) is 4.55. The number of carbonyl (C=O) groups is 1. The summed E-state index contributed by atoms with van der Waals surface area (Å²) in [7, 11) is 0. The van der Waals surface area contributed by atoms with E-state index < -0.39 is 5.91 Å². The van der Waals surface area contributed by atoms with E-state index in [0.717, 1.165) is 33.7 Å². The highest BCUT2D eigenvalue weighted by Crippen LogP contribution is 2.29. The fourth-order valence-electron chi connectivity index (χ4n) is 3.21. The lowest BCUT2D eigenvalue weighted by Gasteiger charge is -2.04. The molecule has 4 aromatic rings. The number of imidazole rings is 1. The Kier molecular flexibility index (Phi) is 4.30. The molecule has 0 unspecified atom stereocenters. The van der Waals surface area contributed by atoms with E-state index in [9.17, 15) is 4.79 Å². The Morgan fingerprint density at radius 3 is 2.30 bits per heavy atom. The van der Waals surface area contributed by atoms with E-state index >= 15 is 0 Å². The minimum Gasteiger partial charge on any atom is -0.366 e. The molecule has 0 fully saturated rings. The average Bonchev–Trinajstić information content (AvgIpc) is 3.07. The molecule has 0 aliphatic rings. The van der Waals surface area contributed by atoms with Gasteiger partial charge in [0, 0.05) is 17.8 Å². The number of pyridine rings is 1. The first-order valence-electron chi connectivity index (χ1n) is 8.74. The number of nitrogens with two attached hydrogens (primary N) is 1. The van der Waals surface area contributed by atoms with Crippen molar-refractivity contribution < 1.29 is 4.79 Å². The molecular weight excluding hydrogens is 334 g/mol. The van der Waals surface area contributed by atoms with Gasteiger partial charge in [0.25, 0.3) is 0 Å².